The highest BCUT2D eigenvalue weighted by Crippen LogP contribution is 2.36. The monoisotopic (exact) mass is 301 g/mol. The summed E-state index contributed by atoms with van der Waals surface area (Å²) in [6.07, 6.45) is -0.421. The Labute approximate surface area is 116 Å². The SMILES string of the molecule is COc1cc(CC(=O)O)c(S(=O)(=O)N2CC2)c(OC)c1. The van der Waals surface area contributed by atoms with Crippen LogP contribution in [0.5, 0.6) is 11.5 Å². The number of sulfonamides is 1. The second-order valence-corrected chi connectivity index (χ2v) is 6.17. The number of rotatable bonds is 6. The van der Waals surface area contributed by atoms with Crippen molar-refractivity contribution in [2.45, 2.75) is 11.3 Å². The van der Waals surface area contributed by atoms with Crippen LogP contribution in [0.3, 0.4) is 0 Å². The number of methoxy groups -OCH3 is 2. The van der Waals surface area contributed by atoms with Crippen molar-refractivity contribution >= 4 is 16.0 Å². The van der Waals surface area contributed by atoms with Crippen molar-refractivity contribution in [1.82, 2.24) is 4.31 Å². The fourth-order valence-corrected chi connectivity index (χ4v) is 3.58. The average Bonchev–Trinajstić information content (AvgIpc) is 3.21. The number of aliphatic carboxylic acids is 1. The number of nitrogens with zero attached hydrogens (tertiary/aromatic N) is 1. The maximum atomic E-state index is 12.4. The number of hydrogen-bond acceptors (Lipinski definition) is 5. The minimum atomic E-state index is -3.72. The molecule has 0 bridgehead atoms. The molecule has 1 saturated heterocycles. The molecule has 0 aliphatic carbocycles. The lowest BCUT2D eigenvalue weighted by Gasteiger charge is -2.15. The van der Waals surface area contributed by atoms with Gasteiger partial charge in [-0.2, -0.15) is 4.31 Å². The van der Waals surface area contributed by atoms with Crippen LogP contribution in [0.25, 0.3) is 0 Å². The smallest absolute Gasteiger partial charge is 0.307 e. The molecule has 1 aliphatic heterocycles. The van der Waals surface area contributed by atoms with Gasteiger partial charge in [0.25, 0.3) is 0 Å². The zero-order valence-corrected chi connectivity index (χ0v) is 11.9. The zero-order valence-electron chi connectivity index (χ0n) is 11.1. The first kappa shape index (κ1) is 14.6. The third kappa shape index (κ3) is 2.70. The number of hydrogen-bond donors (Lipinski definition) is 1. The van der Waals surface area contributed by atoms with Crippen LogP contribution in [0.15, 0.2) is 17.0 Å². The van der Waals surface area contributed by atoms with Crippen LogP contribution in [0.2, 0.25) is 0 Å². The van der Waals surface area contributed by atoms with E-state index < -0.39 is 22.4 Å². The van der Waals surface area contributed by atoms with E-state index in [2.05, 4.69) is 0 Å². The fraction of sp³-hybridized carbons (Fsp3) is 0.417. The molecule has 1 N–H and O–H groups in total. The minimum absolute atomic E-state index is 0.0903. The second-order valence-electron chi connectivity index (χ2n) is 4.29. The van der Waals surface area contributed by atoms with Crippen LogP contribution >= 0.6 is 0 Å². The molecular weight excluding hydrogens is 286 g/mol. The first-order valence-corrected chi connectivity index (χ1v) is 7.31. The highest BCUT2D eigenvalue weighted by Gasteiger charge is 2.37. The van der Waals surface area contributed by atoms with Gasteiger partial charge in [0.15, 0.2) is 0 Å². The molecule has 1 aliphatic rings. The van der Waals surface area contributed by atoms with Gasteiger partial charge in [-0.05, 0) is 11.6 Å². The number of carboxylic acid groups (broad SMARTS) is 1. The standard InChI is InChI=1S/C12H15NO6S/c1-18-9-5-8(6-11(14)15)12(10(7-9)19-2)20(16,17)13-3-4-13/h5,7H,3-4,6H2,1-2H3,(H,14,15). The van der Waals surface area contributed by atoms with Crippen LogP contribution in [0, 0.1) is 0 Å². The van der Waals surface area contributed by atoms with E-state index in [0.29, 0.717) is 18.8 Å². The van der Waals surface area contributed by atoms with Crippen molar-refractivity contribution in [3.8, 4) is 11.5 Å². The summed E-state index contributed by atoms with van der Waals surface area (Å²) in [5, 5.41) is 8.95. The van der Waals surface area contributed by atoms with Crippen molar-refractivity contribution in [3.63, 3.8) is 0 Å². The third-order valence-corrected chi connectivity index (χ3v) is 4.93. The summed E-state index contributed by atoms with van der Waals surface area (Å²) in [7, 11) is -0.972. The molecule has 110 valence electrons. The topological polar surface area (TPSA) is 92.9 Å². The van der Waals surface area contributed by atoms with E-state index in [4.69, 9.17) is 14.6 Å². The Morgan fingerprint density at radius 2 is 1.95 bits per heavy atom. The van der Waals surface area contributed by atoms with Gasteiger partial charge in [-0.15, -0.1) is 0 Å². The average molecular weight is 301 g/mol. The Kier molecular flexibility index (Phi) is 3.87. The summed E-state index contributed by atoms with van der Waals surface area (Å²) < 4.78 is 36.2. The number of carbonyl (C=O) groups is 1. The van der Waals surface area contributed by atoms with E-state index in [-0.39, 0.29) is 16.2 Å². The highest BCUT2D eigenvalue weighted by molar-refractivity contribution is 7.89. The molecule has 1 aromatic rings. The van der Waals surface area contributed by atoms with Gasteiger partial charge in [0.05, 0.1) is 20.6 Å². The van der Waals surface area contributed by atoms with Gasteiger partial charge < -0.3 is 14.6 Å². The summed E-state index contributed by atoms with van der Waals surface area (Å²) in [6, 6.07) is 2.84. The van der Waals surface area contributed by atoms with Crippen LogP contribution < -0.4 is 9.47 Å². The summed E-state index contributed by atoms with van der Waals surface area (Å²) in [5.74, 6) is -0.682. The molecule has 0 unspecified atom stereocenters. The molecular formula is C12H15NO6S. The van der Waals surface area contributed by atoms with Gasteiger partial charge in [0.2, 0.25) is 10.0 Å². The van der Waals surface area contributed by atoms with Gasteiger partial charge >= 0.3 is 5.97 Å². The molecule has 0 amide bonds. The Morgan fingerprint density at radius 1 is 1.30 bits per heavy atom. The molecule has 20 heavy (non-hydrogen) atoms. The lowest BCUT2D eigenvalue weighted by molar-refractivity contribution is -0.136. The largest absolute Gasteiger partial charge is 0.497 e. The van der Waals surface area contributed by atoms with Crippen molar-refractivity contribution in [3.05, 3.63) is 17.7 Å². The van der Waals surface area contributed by atoms with Crippen molar-refractivity contribution < 1.29 is 27.8 Å². The summed E-state index contributed by atoms with van der Waals surface area (Å²) in [4.78, 5) is 10.8. The zero-order chi connectivity index (χ0) is 14.9. The Hall–Kier alpha value is -1.80. The van der Waals surface area contributed by atoms with Gasteiger partial charge in [-0.3, -0.25) is 4.79 Å². The molecule has 2 rings (SSSR count). The molecule has 0 radical (unpaired) electrons. The van der Waals surface area contributed by atoms with Crippen LogP contribution in [-0.2, 0) is 21.2 Å². The summed E-state index contributed by atoms with van der Waals surface area (Å²) >= 11 is 0. The molecule has 8 heteroatoms. The molecule has 7 nitrogen and oxygen atoms in total. The Bertz CT molecular complexity index is 636. The van der Waals surface area contributed by atoms with Gasteiger partial charge in [-0.25, -0.2) is 8.42 Å². The molecule has 0 aromatic heterocycles. The number of ether oxygens (including phenoxy) is 2. The highest BCUT2D eigenvalue weighted by atomic mass is 32.2. The number of benzene rings is 1. The molecule has 0 saturated carbocycles. The lowest BCUT2D eigenvalue weighted by Crippen LogP contribution is -2.17. The van der Waals surface area contributed by atoms with Gasteiger partial charge in [-0.1, -0.05) is 0 Å². The second kappa shape index (κ2) is 5.29. The van der Waals surface area contributed by atoms with Crippen molar-refractivity contribution in [2.75, 3.05) is 27.3 Å². The first-order valence-electron chi connectivity index (χ1n) is 5.87. The van der Waals surface area contributed by atoms with Crippen LogP contribution in [-0.4, -0.2) is 51.1 Å². The van der Waals surface area contributed by atoms with E-state index in [1.54, 1.807) is 0 Å². The predicted molar refractivity (Wildman–Crippen MR) is 69.6 cm³/mol. The van der Waals surface area contributed by atoms with Crippen molar-refractivity contribution in [1.29, 1.82) is 0 Å². The van der Waals surface area contributed by atoms with E-state index in [0.717, 1.165) is 0 Å². The molecule has 0 atom stereocenters. The quantitative estimate of drug-likeness (QED) is 0.761. The normalized spacial score (nSPS) is 14.9. The molecule has 1 fully saturated rings. The van der Waals surface area contributed by atoms with Gasteiger partial charge in [0.1, 0.15) is 16.4 Å². The summed E-state index contributed by atoms with van der Waals surface area (Å²) in [6.45, 7) is 0.869. The number of carboxylic acids is 1. The maximum Gasteiger partial charge on any atom is 0.307 e. The van der Waals surface area contributed by atoms with Crippen molar-refractivity contribution in [2.24, 2.45) is 0 Å². The minimum Gasteiger partial charge on any atom is -0.497 e. The van der Waals surface area contributed by atoms with Crippen LogP contribution in [0.4, 0.5) is 0 Å². The summed E-state index contributed by atoms with van der Waals surface area (Å²) in [5.41, 5.74) is 0.153. The molecule has 1 aromatic carbocycles. The van der Waals surface area contributed by atoms with E-state index in [1.165, 1.54) is 30.7 Å². The van der Waals surface area contributed by atoms with E-state index in [1.807, 2.05) is 0 Å². The van der Waals surface area contributed by atoms with E-state index >= 15 is 0 Å². The Balaban J connectivity index is 2.64. The Morgan fingerprint density at radius 3 is 2.40 bits per heavy atom. The molecule has 0 spiro atoms. The molecule has 1 heterocycles. The van der Waals surface area contributed by atoms with E-state index in [9.17, 15) is 13.2 Å². The maximum absolute atomic E-state index is 12.4. The first-order chi connectivity index (χ1) is 9.40. The van der Waals surface area contributed by atoms with Crippen LogP contribution in [0.1, 0.15) is 5.56 Å². The van der Waals surface area contributed by atoms with Gasteiger partial charge in [0, 0.05) is 19.2 Å². The predicted octanol–water partition coefficient (Wildman–Crippen LogP) is 0.335. The third-order valence-electron chi connectivity index (χ3n) is 2.91. The lowest BCUT2D eigenvalue weighted by atomic mass is 10.1. The fourth-order valence-electron chi connectivity index (χ4n) is 1.90.